The zero-order valence-electron chi connectivity index (χ0n) is 51.7. The van der Waals surface area contributed by atoms with E-state index in [1.54, 1.807) is 0 Å². The first-order valence-electron chi connectivity index (χ1n) is 30.5. The second-order valence-electron chi connectivity index (χ2n) is 27.7. The van der Waals surface area contributed by atoms with E-state index in [9.17, 15) is 0 Å². The van der Waals surface area contributed by atoms with Crippen molar-refractivity contribution >= 4 is 48.1 Å². The molecule has 80 heavy (non-hydrogen) atoms. The number of benzene rings is 6. The van der Waals surface area contributed by atoms with Gasteiger partial charge in [-0.25, -0.2) is 0 Å². The van der Waals surface area contributed by atoms with Crippen LogP contribution >= 0.6 is 17.0 Å². The molecule has 0 amide bonds. The molecule has 2 saturated carbocycles. The summed E-state index contributed by atoms with van der Waals surface area (Å²) in [4.78, 5) is 0. The van der Waals surface area contributed by atoms with Crippen LogP contribution in [0, 0.1) is 11.8 Å². The SMILES string of the molecule is CC(C)(C)c1ccc(-c2ccc(-c3ccc(C(C)(C)C)cc3)c3[cH-]c(CC4CCCCCC4)cc23)cc1.CC(C)(C)c1ccc(-c2ccc(-c3ccc(C(C)(C)C)cc3)c3[cH-]c(CC4CCCCCC4)cc23)cc1.C[Si]C.[Cl][Zr+2][Cl]. The first-order chi connectivity index (χ1) is 38.0. The van der Waals surface area contributed by atoms with E-state index < -0.39 is 20.8 Å². The molecule has 422 valence electrons. The summed E-state index contributed by atoms with van der Waals surface area (Å²) in [7, 11) is 11.0. The van der Waals surface area contributed by atoms with Gasteiger partial charge in [0, 0.05) is 9.52 Å². The molecule has 2 aliphatic rings. The predicted octanol–water partition coefficient (Wildman–Crippen LogP) is 24.2. The maximum atomic E-state index is 4.93. The third kappa shape index (κ3) is 17.2. The van der Waals surface area contributed by atoms with Crippen LogP contribution < -0.4 is 0 Å². The van der Waals surface area contributed by atoms with Crippen molar-refractivity contribution in [1.29, 1.82) is 0 Å². The summed E-state index contributed by atoms with van der Waals surface area (Å²) in [6, 6.07) is 56.6. The van der Waals surface area contributed by atoms with E-state index in [1.807, 2.05) is 0 Å². The van der Waals surface area contributed by atoms with Crippen LogP contribution in [0.3, 0.4) is 0 Å². The van der Waals surface area contributed by atoms with Gasteiger partial charge < -0.3 is 0 Å². The molecule has 0 unspecified atom stereocenters. The van der Waals surface area contributed by atoms with Crippen molar-refractivity contribution in [2.24, 2.45) is 11.8 Å². The Balaban J connectivity index is 0.000000211. The monoisotopic (exact) mass is 1200 g/mol. The Morgan fingerprint density at radius 1 is 0.375 bits per heavy atom. The summed E-state index contributed by atoms with van der Waals surface area (Å²) in [5.41, 5.74) is 20.0. The summed E-state index contributed by atoms with van der Waals surface area (Å²) in [6.07, 6.45) is 19.3. The van der Waals surface area contributed by atoms with Crippen LogP contribution in [0.5, 0.6) is 0 Å². The van der Waals surface area contributed by atoms with Gasteiger partial charge in [-0.15, -0.1) is 44.8 Å². The van der Waals surface area contributed by atoms with Crippen LogP contribution in [-0.2, 0) is 55.3 Å². The number of rotatable bonds is 8. The number of hydrogen-bond donors (Lipinski definition) is 0. The molecule has 2 fully saturated rings. The van der Waals surface area contributed by atoms with Crippen molar-refractivity contribution in [2.75, 3.05) is 0 Å². The third-order valence-corrected chi connectivity index (χ3v) is 17.1. The molecule has 0 spiro atoms. The molecule has 10 rings (SSSR count). The van der Waals surface area contributed by atoms with Crippen LogP contribution in [-0.4, -0.2) is 9.52 Å². The van der Waals surface area contributed by atoms with Crippen molar-refractivity contribution < 1.29 is 20.8 Å². The number of halogens is 2. The van der Waals surface area contributed by atoms with E-state index >= 15 is 0 Å². The fourth-order valence-corrected chi connectivity index (χ4v) is 12.4. The topological polar surface area (TPSA) is 0 Å². The summed E-state index contributed by atoms with van der Waals surface area (Å²) in [6.45, 7) is 31.8. The van der Waals surface area contributed by atoms with E-state index in [4.69, 9.17) is 17.0 Å². The molecule has 0 heterocycles. The van der Waals surface area contributed by atoms with E-state index in [-0.39, 0.29) is 21.7 Å². The van der Waals surface area contributed by atoms with Gasteiger partial charge in [-0.05, 0) is 79.7 Å². The van der Waals surface area contributed by atoms with Crippen LogP contribution in [0.2, 0.25) is 13.1 Å². The Labute approximate surface area is 507 Å². The Morgan fingerprint density at radius 3 is 0.838 bits per heavy atom. The van der Waals surface area contributed by atoms with Gasteiger partial charge >= 0.3 is 37.9 Å². The Kier molecular flexibility index (Phi) is 22.9. The van der Waals surface area contributed by atoms with Gasteiger partial charge in [-0.3, -0.25) is 0 Å². The van der Waals surface area contributed by atoms with Crippen molar-refractivity contribution in [3.8, 4) is 44.5 Å². The normalized spacial score (nSPS) is 14.9. The number of fused-ring (bicyclic) bond motifs is 2. The van der Waals surface area contributed by atoms with Gasteiger partial charge in [-0.1, -0.05) is 328 Å². The molecule has 0 N–H and O–H groups in total. The van der Waals surface area contributed by atoms with Crippen LogP contribution in [0.4, 0.5) is 0 Å². The molecule has 2 radical (unpaired) electrons. The maximum absolute atomic E-state index is 4.93. The molecule has 0 nitrogen and oxygen atoms in total. The first kappa shape index (κ1) is 63.8. The first-order valence-corrected chi connectivity index (χ1v) is 38.8. The minimum atomic E-state index is -0.826. The fourth-order valence-electron chi connectivity index (χ4n) is 12.4. The van der Waals surface area contributed by atoms with Gasteiger partial charge in [0.25, 0.3) is 0 Å². The van der Waals surface area contributed by atoms with E-state index in [0.717, 1.165) is 21.4 Å². The third-order valence-electron chi connectivity index (χ3n) is 17.1. The predicted molar refractivity (Wildman–Crippen MR) is 355 cm³/mol. The molecule has 0 atom stereocenters. The van der Waals surface area contributed by atoms with Gasteiger partial charge in [-0.2, -0.15) is 12.1 Å². The second kappa shape index (κ2) is 28.7. The molecule has 8 aromatic carbocycles. The second-order valence-corrected chi connectivity index (χ2v) is 32.4. The van der Waals surface area contributed by atoms with Crippen molar-refractivity contribution in [1.82, 2.24) is 0 Å². The zero-order valence-corrected chi connectivity index (χ0v) is 56.6. The fraction of sp³-hybridized carbons (Fsp3) is 0.447. The zero-order chi connectivity index (χ0) is 57.8. The van der Waals surface area contributed by atoms with Crippen molar-refractivity contribution in [3.05, 3.63) is 179 Å². The van der Waals surface area contributed by atoms with Crippen LogP contribution in [0.15, 0.2) is 146 Å². The van der Waals surface area contributed by atoms with Crippen LogP contribution in [0.1, 0.15) is 194 Å². The molecular formula is C76H96Cl2SiZr. The summed E-state index contributed by atoms with van der Waals surface area (Å²) >= 11 is -0.826. The molecule has 0 aromatic heterocycles. The number of hydrogen-bond acceptors (Lipinski definition) is 0. The standard InChI is InChI=1S/2C37H45.C2H6Si.2ClH.Zr/c2*1-36(2,3)30-17-13-28(14-18-30)32-21-22-33(29-15-19-31(20-16-29)37(4,5)6)35-25-27(24-34(32)35)23-26-11-9-7-8-10-12-26;1-3-2;;;/h2*13-22,24-26H,7-12,23H2,1-6H3;1-2H3;2*1H;/q2*-1;;;;+4/p-2. The molecule has 0 aliphatic heterocycles. The van der Waals surface area contributed by atoms with E-state index in [0.29, 0.717) is 0 Å². The molecular weight excluding hydrogens is 1100 g/mol. The van der Waals surface area contributed by atoms with Crippen molar-refractivity contribution in [3.63, 3.8) is 0 Å². The van der Waals surface area contributed by atoms with E-state index in [1.165, 1.54) is 189 Å². The van der Waals surface area contributed by atoms with Crippen LogP contribution in [0.25, 0.3) is 66.1 Å². The van der Waals surface area contributed by atoms with Crippen molar-refractivity contribution in [2.45, 2.75) is 208 Å². The quantitative estimate of drug-likeness (QED) is 0.0808. The molecule has 8 aromatic rings. The molecule has 0 saturated heterocycles. The van der Waals surface area contributed by atoms with Gasteiger partial charge in [0.2, 0.25) is 0 Å². The van der Waals surface area contributed by atoms with Gasteiger partial charge in [0.05, 0.1) is 0 Å². The van der Waals surface area contributed by atoms with Gasteiger partial charge in [0.15, 0.2) is 0 Å². The Hall–Kier alpha value is -3.78. The molecule has 2 aliphatic carbocycles. The molecule has 0 bridgehead atoms. The average molecular weight is 1200 g/mol. The molecule has 4 heteroatoms. The summed E-state index contributed by atoms with van der Waals surface area (Å²) < 4.78 is 0. The van der Waals surface area contributed by atoms with E-state index in [2.05, 4.69) is 242 Å². The van der Waals surface area contributed by atoms with Gasteiger partial charge in [0.1, 0.15) is 0 Å². The minimum absolute atomic E-state index is 0.170. The average Bonchev–Trinajstić information content (AvgIpc) is 3.85. The summed E-state index contributed by atoms with van der Waals surface area (Å²) in [5, 5.41) is 5.63. The Bertz CT molecular complexity index is 2740. The Morgan fingerprint density at radius 2 is 0.600 bits per heavy atom. The summed E-state index contributed by atoms with van der Waals surface area (Å²) in [5.74, 6) is 1.67.